The smallest absolute Gasteiger partial charge is 0.200 e. The lowest BCUT2D eigenvalue weighted by atomic mass is 9.97. The summed E-state index contributed by atoms with van der Waals surface area (Å²) in [6.07, 6.45) is 8.01. The first-order chi connectivity index (χ1) is 21.1. The van der Waals surface area contributed by atoms with E-state index in [1.807, 2.05) is 43.6 Å². The molecular formula is C31H35ClN8OS2. The van der Waals surface area contributed by atoms with Gasteiger partial charge >= 0.3 is 0 Å². The van der Waals surface area contributed by atoms with Crippen molar-refractivity contribution in [3.8, 4) is 5.75 Å². The summed E-state index contributed by atoms with van der Waals surface area (Å²) in [7, 11) is 0. The van der Waals surface area contributed by atoms with Crippen LogP contribution in [0.3, 0.4) is 0 Å². The third-order valence-corrected chi connectivity index (χ3v) is 10.5. The fraction of sp³-hybridized carbons (Fsp3) is 0.419. The Hall–Kier alpha value is -3.09. The van der Waals surface area contributed by atoms with Crippen molar-refractivity contribution in [3.63, 3.8) is 0 Å². The molecule has 5 aromatic rings. The van der Waals surface area contributed by atoms with Crippen LogP contribution in [0.25, 0.3) is 20.7 Å². The summed E-state index contributed by atoms with van der Waals surface area (Å²) in [6.45, 7) is 7.49. The molecule has 12 heteroatoms. The van der Waals surface area contributed by atoms with Gasteiger partial charge in [0, 0.05) is 57.2 Å². The van der Waals surface area contributed by atoms with Crippen molar-refractivity contribution >= 4 is 65.2 Å². The first-order valence-corrected chi connectivity index (χ1v) is 17.0. The lowest BCUT2D eigenvalue weighted by Gasteiger charge is -2.45. The molecule has 0 radical (unpaired) electrons. The fourth-order valence-electron chi connectivity index (χ4n) is 6.21. The van der Waals surface area contributed by atoms with E-state index in [1.54, 1.807) is 22.7 Å². The third-order valence-electron chi connectivity index (χ3n) is 8.31. The van der Waals surface area contributed by atoms with E-state index < -0.39 is 0 Å². The van der Waals surface area contributed by atoms with Crippen LogP contribution in [-0.2, 0) is 6.54 Å². The van der Waals surface area contributed by atoms with Crippen LogP contribution in [0.2, 0.25) is 5.02 Å². The second-order valence-corrected chi connectivity index (χ2v) is 13.5. The number of ether oxygens (including phenoxy) is 1. The Bertz CT molecular complexity index is 1610. The number of fused-ring (bicyclic) bond motifs is 2. The first kappa shape index (κ1) is 28.7. The highest BCUT2D eigenvalue weighted by Crippen LogP contribution is 2.36. The number of halogens is 1. The number of anilines is 2. The van der Waals surface area contributed by atoms with Gasteiger partial charge in [0.2, 0.25) is 0 Å². The predicted octanol–water partition coefficient (Wildman–Crippen LogP) is 6.71. The Labute approximate surface area is 264 Å². The van der Waals surface area contributed by atoms with Crippen LogP contribution in [0.15, 0.2) is 54.9 Å². The Morgan fingerprint density at radius 3 is 2.26 bits per heavy atom. The van der Waals surface area contributed by atoms with Crippen LogP contribution < -0.4 is 15.1 Å². The summed E-state index contributed by atoms with van der Waals surface area (Å²) in [5, 5.41) is 4.98. The first-order valence-electron chi connectivity index (χ1n) is 15.0. The van der Waals surface area contributed by atoms with Crippen LogP contribution in [0.4, 0.5) is 10.3 Å². The number of hydrazine groups is 1. The minimum absolute atomic E-state index is 0.428. The van der Waals surface area contributed by atoms with Crippen molar-refractivity contribution in [2.45, 2.75) is 51.2 Å². The van der Waals surface area contributed by atoms with Gasteiger partial charge in [0.15, 0.2) is 10.3 Å². The molecule has 43 heavy (non-hydrogen) atoms. The lowest BCUT2D eigenvalue weighted by molar-refractivity contribution is 0.184. The van der Waals surface area contributed by atoms with E-state index in [9.17, 15) is 0 Å². The molecule has 2 aliphatic heterocycles. The lowest BCUT2D eigenvalue weighted by Crippen LogP contribution is -2.53. The zero-order chi connectivity index (χ0) is 29.2. The monoisotopic (exact) mass is 634 g/mol. The number of thiazole rings is 2. The van der Waals surface area contributed by atoms with Crippen LogP contribution in [0, 0.1) is 0 Å². The molecule has 224 valence electrons. The SMILES string of the molecule is CCOc1cc(CN2CCC(N(c3nc4cccnc4s3)C3CCN(Nc4nc5cccnc5s4)CC3)CC2)ccc1Cl. The minimum atomic E-state index is 0.428. The third kappa shape index (κ3) is 6.41. The molecule has 7 rings (SSSR count). The van der Waals surface area contributed by atoms with Crippen molar-refractivity contribution in [1.82, 2.24) is 29.8 Å². The number of aromatic nitrogens is 4. The number of likely N-dealkylation sites (tertiary alicyclic amines) is 1. The largest absolute Gasteiger partial charge is 0.492 e. The second-order valence-electron chi connectivity index (χ2n) is 11.1. The maximum absolute atomic E-state index is 6.33. The van der Waals surface area contributed by atoms with E-state index in [0.29, 0.717) is 23.7 Å². The van der Waals surface area contributed by atoms with Crippen molar-refractivity contribution in [1.29, 1.82) is 0 Å². The zero-order valence-electron chi connectivity index (χ0n) is 24.2. The molecule has 0 atom stereocenters. The van der Waals surface area contributed by atoms with Gasteiger partial charge in [0.1, 0.15) is 26.4 Å². The average Bonchev–Trinajstić information content (AvgIpc) is 3.64. The van der Waals surface area contributed by atoms with Gasteiger partial charge in [0.05, 0.1) is 11.6 Å². The molecule has 6 heterocycles. The summed E-state index contributed by atoms with van der Waals surface area (Å²) < 4.78 is 5.73. The van der Waals surface area contributed by atoms with Gasteiger partial charge in [-0.05, 0) is 74.6 Å². The van der Waals surface area contributed by atoms with Gasteiger partial charge in [-0.2, -0.15) is 0 Å². The highest BCUT2D eigenvalue weighted by molar-refractivity contribution is 7.22. The molecule has 2 fully saturated rings. The van der Waals surface area contributed by atoms with Crippen molar-refractivity contribution in [2.75, 3.05) is 43.1 Å². The highest BCUT2D eigenvalue weighted by atomic mass is 35.5. The van der Waals surface area contributed by atoms with Crippen LogP contribution in [0.5, 0.6) is 5.75 Å². The topological polar surface area (TPSA) is 82.5 Å². The number of benzene rings is 1. The quantitative estimate of drug-likeness (QED) is 0.190. The summed E-state index contributed by atoms with van der Waals surface area (Å²) >= 11 is 9.67. The van der Waals surface area contributed by atoms with E-state index in [2.05, 4.69) is 48.4 Å². The number of piperidine rings is 2. The number of nitrogens with zero attached hydrogens (tertiary/aromatic N) is 7. The van der Waals surface area contributed by atoms with Gasteiger partial charge in [-0.25, -0.2) is 24.9 Å². The number of pyridine rings is 2. The van der Waals surface area contributed by atoms with Gasteiger partial charge in [-0.3, -0.25) is 10.3 Å². The molecule has 0 unspecified atom stereocenters. The van der Waals surface area contributed by atoms with Gasteiger partial charge in [0.25, 0.3) is 0 Å². The zero-order valence-corrected chi connectivity index (χ0v) is 26.5. The number of rotatable bonds is 9. The van der Waals surface area contributed by atoms with Crippen LogP contribution in [-0.4, -0.2) is 74.7 Å². The predicted molar refractivity (Wildman–Crippen MR) is 176 cm³/mol. The standard InChI is InChI=1S/C31H35ClN8OS2/c1-2-41-27-19-21(7-8-24(27)32)20-38-15-9-22(10-16-38)40(31-36-26-6-4-14-34-29(26)43-31)23-11-17-39(18-12-23)37-30-35-25-5-3-13-33-28(25)42-30/h3-8,13-14,19,22-23H,2,9-12,15-18,20H2,1H3,(H,35,37). The molecule has 0 aliphatic carbocycles. The van der Waals surface area contributed by atoms with Gasteiger partial charge in [-0.1, -0.05) is 40.3 Å². The van der Waals surface area contributed by atoms with E-state index in [-0.39, 0.29) is 0 Å². The van der Waals surface area contributed by atoms with Gasteiger partial charge < -0.3 is 9.64 Å². The number of hydrogen-bond donors (Lipinski definition) is 1. The molecular weight excluding hydrogens is 600 g/mol. The van der Waals surface area contributed by atoms with Crippen molar-refractivity contribution in [2.24, 2.45) is 0 Å². The van der Waals surface area contributed by atoms with Crippen molar-refractivity contribution in [3.05, 3.63) is 65.4 Å². The highest BCUT2D eigenvalue weighted by Gasteiger charge is 2.34. The summed E-state index contributed by atoms with van der Waals surface area (Å²) in [5.41, 5.74) is 6.72. The summed E-state index contributed by atoms with van der Waals surface area (Å²) in [6, 6.07) is 15.0. The maximum Gasteiger partial charge on any atom is 0.200 e. The Balaban J connectivity index is 1.03. The summed E-state index contributed by atoms with van der Waals surface area (Å²) in [5.74, 6) is 0.771. The Morgan fingerprint density at radius 1 is 0.907 bits per heavy atom. The molecule has 0 spiro atoms. The molecule has 2 aliphatic rings. The molecule has 0 amide bonds. The number of nitrogens with one attached hydrogen (secondary N) is 1. The van der Waals surface area contributed by atoms with Crippen LogP contribution in [0.1, 0.15) is 38.2 Å². The molecule has 0 saturated carbocycles. The Morgan fingerprint density at radius 2 is 1.58 bits per heavy atom. The molecule has 0 bridgehead atoms. The van der Waals surface area contributed by atoms with E-state index in [0.717, 1.165) is 95.1 Å². The fourth-order valence-corrected chi connectivity index (χ4v) is 8.27. The van der Waals surface area contributed by atoms with E-state index in [4.69, 9.17) is 26.3 Å². The van der Waals surface area contributed by atoms with E-state index >= 15 is 0 Å². The summed E-state index contributed by atoms with van der Waals surface area (Å²) in [4.78, 5) is 26.0. The van der Waals surface area contributed by atoms with Crippen LogP contribution >= 0.6 is 34.3 Å². The average molecular weight is 635 g/mol. The minimum Gasteiger partial charge on any atom is -0.492 e. The molecule has 1 N–H and O–H groups in total. The number of hydrogen-bond acceptors (Lipinski definition) is 11. The maximum atomic E-state index is 6.33. The normalized spacial score (nSPS) is 17.5. The molecule has 4 aromatic heterocycles. The molecule has 9 nitrogen and oxygen atoms in total. The van der Waals surface area contributed by atoms with Crippen molar-refractivity contribution < 1.29 is 4.74 Å². The molecule has 1 aromatic carbocycles. The molecule has 2 saturated heterocycles. The van der Waals surface area contributed by atoms with E-state index in [1.165, 1.54) is 5.56 Å². The Kier molecular flexibility index (Phi) is 8.58. The van der Waals surface area contributed by atoms with Gasteiger partial charge in [-0.15, -0.1) is 0 Å². The second kappa shape index (κ2) is 12.9.